The van der Waals surface area contributed by atoms with Gasteiger partial charge in [0, 0.05) is 17.4 Å². The second kappa shape index (κ2) is 7.06. The number of nitrogens with zero attached hydrogens (tertiary/aromatic N) is 2. The van der Waals surface area contributed by atoms with Crippen molar-refractivity contribution in [1.29, 1.82) is 0 Å². The van der Waals surface area contributed by atoms with Crippen LogP contribution in [0, 0.1) is 6.92 Å². The summed E-state index contributed by atoms with van der Waals surface area (Å²) in [5.74, 6) is -0.0255. The minimum atomic E-state index is -0.0255. The average Bonchev–Trinajstić information content (AvgIpc) is 3.08. The Bertz CT molecular complexity index is 1050. The zero-order chi connectivity index (χ0) is 17.9. The molecule has 4 nitrogen and oxygen atoms in total. The van der Waals surface area contributed by atoms with Gasteiger partial charge in [0.15, 0.2) is 0 Å². The van der Waals surface area contributed by atoms with Gasteiger partial charge in [-0.15, -0.1) is 0 Å². The molecule has 4 rings (SSSR count). The van der Waals surface area contributed by atoms with Crippen LogP contribution < -0.4 is 5.32 Å². The molecule has 0 bridgehead atoms. The van der Waals surface area contributed by atoms with Crippen LogP contribution in [0.5, 0.6) is 0 Å². The normalized spacial score (nSPS) is 10.8. The van der Waals surface area contributed by atoms with E-state index in [1.807, 2.05) is 67.6 Å². The van der Waals surface area contributed by atoms with Crippen LogP contribution in [-0.4, -0.2) is 15.9 Å². The molecule has 1 amide bonds. The van der Waals surface area contributed by atoms with Gasteiger partial charge in [-0.2, -0.15) is 0 Å². The Morgan fingerprint density at radius 3 is 2.81 bits per heavy atom. The number of aryl methyl sites for hydroxylation is 1. The van der Waals surface area contributed by atoms with E-state index in [1.165, 1.54) is 0 Å². The third-order valence-electron chi connectivity index (χ3n) is 4.17. The summed E-state index contributed by atoms with van der Waals surface area (Å²) in [6, 6.07) is 19.5. The second-order valence-corrected chi connectivity index (χ2v) is 7.06. The zero-order valence-corrected chi connectivity index (χ0v) is 15.1. The van der Waals surface area contributed by atoms with Gasteiger partial charge in [0.2, 0.25) is 5.91 Å². The van der Waals surface area contributed by atoms with Crippen LogP contribution in [0.4, 0.5) is 5.69 Å². The molecule has 0 spiro atoms. The molecule has 2 aromatic heterocycles. The topological polar surface area (TPSA) is 54.9 Å². The number of hydrogen-bond donors (Lipinski definition) is 1. The van der Waals surface area contributed by atoms with E-state index in [9.17, 15) is 4.79 Å². The highest BCUT2D eigenvalue weighted by Gasteiger charge is 2.09. The maximum atomic E-state index is 12.4. The van der Waals surface area contributed by atoms with Gasteiger partial charge in [-0.05, 0) is 42.3 Å². The minimum Gasteiger partial charge on any atom is -0.326 e. The van der Waals surface area contributed by atoms with E-state index in [-0.39, 0.29) is 5.91 Å². The molecule has 0 aliphatic carbocycles. The third-order valence-corrected chi connectivity index (χ3v) is 5.20. The van der Waals surface area contributed by atoms with Crippen molar-refractivity contribution >= 4 is 33.3 Å². The lowest BCUT2D eigenvalue weighted by Gasteiger charge is -2.08. The Morgan fingerprint density at radius 2 is 1.96 bits per heavy atom. The number of benzene rings is 2. The summed E-state index contributed by atoms with van der Waals surface area (Å²) in [4.78, 5) is 22.3. The Balaban J connectivity index is 1.54. The van der Waals surface area contributed by atoms with Crippen molar-refractivity contribution < 1.29 is 4.79 Å². The van der Waals surface area contributed by atoms with Crippen LogP contribution in [-0.2, 0) is 11.2 Å². The molecule has 0 saturated heterocycles. The smallest absolute Gasteiger partial charge is 0.228 e. The van der Waals surface area contributed by atoms with Crippen molar-refractivity contribution in [1.82, 2.24) is 9.97 Å². The number of hydrogen-bond acceptors (Lipinski definition) is 4. The summed E-state index contributed by atoms with van der Waals surface area (Å²) in [7, 11) is 0. The molecule has 1 N–H and O–H groups in total. The number of pyridine rings is 1. The number of anilines is 1. The van der Waals surface area contributed by atoms with Gasteiger partial charge in [0.1, 0.15) is 15.4 Å². The van der Waals surface area contributed by atoms with Gasteiger partial charge in [-0.3, -0.25) is 4.79 Å². The molecular weight excluding hydrogens is 342 g/mol. The van der Waals surface area contributed by atoms with Gasteiger partial charge in [0.25, 0.3) is 0 Å². The van der Waals surface area contributed by atoms with Gasteiger partial charge < -0.3 is 5.32 Å². The van der Waals surface area contributed by atoms with Crippen molar-refractivity contribution in [2.75, 3.05) is 5.32 Å². The monoisotopic (exact) mass is 359 g/mol. The van der Waals surface area contributed by atoms with Crippen LogP contribution in [0.3, 0.4) is 0 Å². The summed E-state index contributed by atoms with van der Waals surface area (Å²) in [5, 5.41) is 3.88. The highest BCUT2D eigenvalue weighted by molar-refractivity contribution is 7.21. The molecule has 0 saturated carbocycles. The number of carbonyl (C=O) groups excluding carboxylic acids is 1. The Hall–Kier alpha value is -3.05. The van der Waals surface area contributed by atoms with Crippen molar-refractivity contribution in [3.63, 3.8) is 0 Å². The number of rotatable bonds is 4. The predicted octanol–water partition coefficient (Wildman–Crippen LogP) is 4.85. The summed E-state index contributed by atoms with van der Waals surface area (Å²) >= 11 is 1.55. The van der Waals surface area contributed by atoms with Gasteiger partial charge >= 0.3 is 0 Å². The first-order valence-electron chi connectivity index (χ1n) is 8.35. The van der Waals surface area contributed by atoms with Gasteiger partial charge in [-0.25, -0.2) is 9.97 Å². The number of nitrogens with one attached hydrogen (secondary N) is 1. The number of thiazole rings is 1. The SMILES string of the molecule is Cc1ccccc1CC(=O)Nc1cccc(-c2nc3cccnc3s2)c1. The molecular formula is C21H17N3OS. The largest absolute Gasteiger partial charge is 0.326 e. The average molecular weight is 359 g/mol. The van der Waals surface area contributed by atoms with Crippen molar-refractivity contribution in [3.8, 4) is 10.6 Å². The lowest BCUT2D eigenvalue weighted by atomic mass is 10.1. The quantitative estimate of drug-likeness (QED) is 0.567. The molecule has 2 heterocycles. The molecule has 0 aliphatic rings. The molecule has 4 aromatic rings. The highest BCUT2D eigenvalue weighted by atomic mass is 32.1. The van der Waals surface area contributed by atoms with Crippen LogP contribution in [0.2, 0.25) is 0 Å². The van der Waals surface area contributed by atoms with Crippen LogP contribution in [0.1, 0.15) is 11.1 Å². The lowest BCUT2D eigenvalue weighted by molar-refractivity contribution is -0.115. The highest BCUT2D eigenvalue weighted by Crippen LogP contribution is 2.30. The first kappa shape index (κ1) is 16.4. The summed E-state index contributed by atoms with van der Waals surface area (Å²) in [6.07, 6.45) is 2.13. The van der Waals surface area contributed by atoms with Crippen LogP contribution in [0.25, 0.3) is 20.9 Å². The molecule has 2 aromatic carbocycles. The minimum absolute atomic E-state index is 0.0255. The third kappa shape index (κ3) is 3.48. The number of carbonyl (C=O) groups is 1. The van der Waals surface area contributed by atoms with E-state index < -0.39 is 0 Å². The fraction of sp³-hybridized carbons (Fsp3) is 0.0952. The summed E-state index contributed by atoms with van der Waals surface area (Å²) < 4.78 is 0. The first-order valence-corrected chi connectivity index (χ1v) is 9.17. The predicted molar refractivity (Wildman–Crippen MR) is 106 cm³/mol. The van der Waals surface area contributed by atoms with Crippen molar-refractivity contribution in [3.05, 3.63) is 78.0 Å². The van der Waals surface area contributed by atoms with Gasteiger partial charge in [0.05, 0.1) is 6.42 Å². The molecule has 0 aliphatic heterocycles. The molecule has 26 heavy (non-hydrogen) atoms. The van der Waals surface area contributed by atoms with E-state index in [4.69, 9.17) is 0 Å². The van der Waals surface area contributed by atoms with E-state index in [0.29, 0.717) is 6.42 Å². The molecule has 0 atom stereocenters. The maximum Gasteiger partial charge on any atom is 0.228 e. The Morgan fingerprint density at radius 1 is 1.08 bits per heavy atom. The maximum absolute atomic E-state index is 12.4. The lowest BCUT2D eigenvalue weighted by Crippen LogP contribution is -2.15. The standard InChI is InChI=1S/C21H17N3OS/c1-14-6-2-3-7-15(14)13-19(25)23-17-9-4-8-16(12-17)20-24-18-10-5-11-22-21(18)26-20/h2-12H,13H2,1H3,(H,23,25). The zero-order valence-electron chi connectivity index (χ0n) is 14.3. The van der Waals surface area contributed by atoms with Gasteiger partial charge in [-0.1, -0.05) is 47.7 Å². The molecule has 128 valence electrons. The number of amides is 1. The van der Waals surface area contributed by atoms with E-state index in [2.05, 4.69) is 15.3 Å². The van der Waals surface area contributed by atoms with Crippen LogP contribution in [0.15, 0.2) is 66.9 Å². The fourth-order valence-electron chi connectivity index (χ4n) is 2.81. The Kier molecular flexibility index (Phi) is 4.46. The van der Waals surface area contributed by atoms with E-state index >= 15 is 0 Å². The van der Waals surface area contributed by atoms with Crippen LogP contribution >= 0.6 is 11.3 Å². The summed E-state index contributed by atoms with van der Waals surface area (Å²) in [6.45, 7) is 2.02. The van der Waals surface area contributed by atoms with Crippen molar-refractivity contribution in [2.45, 2.75) is 13.3 Å². The Labute approximate surface area is 155 Å². The summed E-state index contributed by atoms with van der Waals surface area (Å²) in [5.41, 5.74) is 4.80. The fourth-order valence-corrected chi connectivity index (χ4v) is 3.71. The second-order valence-electron chi connectivity index (χ2n) is 6.08. The molecule has 5 heteroatoms. The van der Waals surface area contributed by atoms with Crippen molar-refractivity contribution in [2.24, 2.45) is 0 Å². The molecule has 0 radical (unpaired) electrons. The van der Waals surface area contributed by atoms with E-state index in [1.54, 1.807) is 17.5 Å². The first-order chi connectivity index (χ1) is 12.7. The van der Waals surface area contributed by atoms with E-state index in [0.717, 1.165) is 37.7 Å². The molecule has 0 fully saturated rings. The molecule has 0 unspecified atom stereocenters. The number of aromatic nitrogens is 2. The number of fused-ring (bicyclic) bond motifs is 1.